The highest BCUT2D eigenvalue weighted by atomic mass is 19.4. The van der Waals surface area contributed by atoms with Crippen molar-refractivity contribution in [1.29, 1.82) is 0 Å². The first kappa shape index (κ1) is 18.4. The molecule has 24 heavy (non-hydrogen) atoms. The highest BCUT2D eigenvalue weighted by Crippen LogP contribution is 2.31. The summed E-state index contributed by atoms with van der Waals surface area (Å²) in [5.41, 5.74) is -0.927. The highest BCUT2D eigenvalue weighted by molar-refractivity contribution is 5.78. The van der Waals surface area contributed by atoms with Crippen LogP contribution in [0.5, 0.6) is 0 Å². The van der Waals surface area contributed by atoms with E-state index in [9.17, 15) is 22.4 Å². The third-order valence-corrected chi connectivity index (χ3v) is 4.12. The Hall–Kier alpha value is -1.89. The van der Waals surface area contributed by atoms with Crippen LogP contribution in [-0.4, -0.2) is 29.9 Å². The average molecular weight is 344 g/mol. The van der Waals surface area contributed by atoms with E-state index in [1.807, 2.05) is 0 Å². The zero-order valence-corrected chi connectivity index (χ0v) is 13.2. The first-order valence-electron chi connectivity index (χ1n) is 7.79. The van der Waals surface area contributed by atoms with Gasteiger partial charge in [0.1, 0.15) is 5.82 Å². The lowest BCUT2D eigenvalue weighted by atomic mass is 10.1. The molecule has 2 rings (SSSR count). The van der Waals surface area contributed by atoms with Gasteiger partial charge in [0.15, 0.2) is 0 Å². The number of likely N-dealkylation sites (tertiary alicyclic amines) is 1. The first-order valence-corrected chi connectivity index (χ1v) is 7.79. The number of hydrogen-bond acceptors (Lipinski definition) is 2. The predicted octanol–water partition coefficient (Wildman–Crippen LogP) is 3.50. The lowest BCUT2D eigenvalue weighted by Crippen LogP contribution is -2.35. The van der Waals surface area contributed by atoms with Crippen LogP contribution in [0, 0.1) is 5.82 Å². The molecule has 7 heteroatoms. The maximum atomic E-state index is 14.0. The van der Waals surface area contributed by atoms with Crippen molar-refractivity contribution < 1.29 is 22.4 Å². The van der Waals surface area contributed by atoms with E-state index in [1.165, 1.54) is 0 Å². The normalized spacial score (nSPS) is 18.2. The topological polar surface area (TPSA) is 32.3 Å². The van der Waals surface area contributed by atoms with Crippen LogP contribution in [-0.2, 0) is 17.5 Å². The number of benzene rings is 1. The number of hydrogen-bond donors (Lipinski definition) is 1. The molecule has 0 bridgehead atoms. The van der Waals surface area contributed by atoms with Gasteiger partial charge in [-0.25, -0.2) is 4.39 Å². The fourth-order valence-electron chi connectivity index (χ4n) is 2.82. The first-order chi connectivity index (χ1) is 11.3. The van der Waals surface area contributed by atoms with Crippen molar-refractivity contribution in [1.82, 2.24) is 10.2 Å². The zero-order chi connectivity index (χ0) is 17.7. The summed E-state index contributed by atoms with van der Waals surface area (Å²) < 4.78 is 51.7. The van der Waals surface area contributed by atoms with Crippen LogP contribution in [0.3, 0.4) is 0 Å². The molecule has 0 saturated carbocycles. The Balaban J connectivity index is 2.04. The molecule has 1 aromatic rings. The molecule has 3 nitrogen and oxygen atoms in total. The number of carbonyl (C=O) groups excluding carboxylic acids is 1. The molecule has 0 radical (unpaired) electrons. The molecule has 1 heterocycles. The van der Waals surface area contributed by atoms with E-state index in [0.717, 1.165) is 12.1 Å². The van der Waals surface area contributed by atoms with Gasteiger partial charge in [-0.05, 0) is 31.5 Å². The number of carbonyl (C=O) groups is 1. The quantitative estimate of drug-likeness (QED) is 0.466. The smallest absolute Gasteiger partial charge is 0.335 e. The Morgan fingerprint density at radius 3 is 2.75 bits per heavy atom. The van der Waals surface area contributed by atoms with Gasteiger partial charge in [0.05, 0.1) is 5.56 Å². The molecule has 1 aromatic carbocycles. The van der Waals surface area contributed by atoms with Crippen molar-refractivity contribution in [2.24, 2.45) is 0 Å². The summed E-state index contributed by atoms with van der Waals surface area (Å²) in [6.45, 7) is 4.94. The van der Waals surface area contributed by atoms with E-state index < -0.39 is 17.6 Å². The van der Waals surface area contributed by atoms with Crippen molar-refractivity contribution in [2.75, 3.05) is 13.1 Å². The summed E-state index contributed by atoms with van der Waals surface area (Å²) in [7, 11) is 0. The fourth-order valence-corrected chi connectivity index (χ4v) is 2.82. The van der Waals surface area contributed by atoms with Gasteiger partial charge < -0.3 is 10.2 Å². The van der Waals surface area contributed by atoms with E-state index >= 15 is 0 Å². The van der Waals surface area contributed by atoms with Crippen LogP contribution in [0.1, 0.15) is 30.4 Å². The predicted molar refractivity (Wildman–Crippen MR) is 82.7 cm³/mol. The van der Waals surface area contributed by atoms with Crippen LogP contribution < -0.4 is 5.32 Å². The van der Waals surface area contributed by atoms with E-state index in [4.69, 9.17) is 0 Å². The minimum absolute atomic E-state index is 0.00503. The summed E-state index contributed by atoms with van der Waals surface area (Å²) in [6, 6.07) is 2.41. The van der Waals surface area contributed by atoms with E-state index in [0.29, 0.717) is 38.4 Å². The second kappa shape index (κ2) is 7.79. The number of halogens is 4. The Labute approximate surface area is 138 Å². The van der Waals surface area contributed by atoms with Crippen molar-refractivity contribution >= 4 is 5.91 Å². The molecule has 0 aliphatic carbocycles. The average Bonchev–Trinajstić information content (AvgIpc) is 2.85. The second-order valence-corrected chi connectivity index (χ2v) is 5.80. The molecule has 1 N–H and O–H groups in total. The summed E-state index contributed by atoms with van der Waals surface area (Å²) in [5.74, 6) is -1.03. The highest BCUT2D eigenvalue weighted by Gasteiger charge is 2.33. The van der Waals surface area contributed by atoms with Crippen LogP contribution >= 0.6 is 0 Å². The number of alkyl halides is 3. The summed E-state index contributed by atoms with van der Waals surface area (Å²) >= 11 is 0. The molecule has 0 spiro atoms. The zero-order valence-electron chi connectivity index (χ0n) is 13.2. The molecule has 1 atom stereocenters. The van der Waals surface area contributed by atoms with Crippen molar-refractivity contribution in [3.05, 3.63) is 47.8 Å². The van der Waals surface area contributed by atoms with Crippen LogP contribution in [0.2, 0.25) is 0 Å². The van der Waals surface area contributed by atoms with Gasteiger partial charge in [-0.15, -0.1) is 6.58 Å². The Bertz CT molecular complexity index is 601. The van der Waals surface area contributed by atoms with Gasteiger partial charge >= 0.3 is 6.18 Å². The SMILES string of the molecule is C=CCNCCC1CCC(=O)N1Cc1ccc(C(F)(F)F)cc1F. The van der Waals surface area contributed by atoms with E-state index in [1.54, 1.807) is 11.0 Å². The van der Waals surface area contributed by atoms with Crippen molar-refractivity contribution in [3.8, 4) is 0 Å². The molecule has 1 unspecified atom stereocenters. The van der Waals surface area contributed by atoms with Gasteiger partial charge in [-0.1, -0.05) is 12.1 Å². The molecule has 1 aliphatic rings. The number of rotatable bonds is 7. The molecular weight excluding hydrogens is 324 g/mol. The third kappa shape index (κ3) is 4.56. The fraction of sp³-hybridized carbons (Fsp3) is 0.471. The van der Waals surface area contributed by atoms with Gasteiger partial charge in [-0.3, -0.25) is 4.79 Å². The molecule has 1 amide bonds. The maximum absolute atomic E-state index is 14.0. The largest absolute Gasteiger partial charge is 0.416 e. The van der Waals surface area contributed by atoms with E-state index in [-0.39, 0.29) is 24.1 Å². The summed E-state index contributed by atoms with van der Waals surface area (Å²) in [5, 5.41) is 3.14. The molecule has 1 saturated heterocycles. The van der Waals surface area contributed by atoms with Gasteiger partial charge in [0.2, 0.25) is 5.91 Å². The Morgan fingerprint density at radius 2 is 2.12 bits per heavy atom. The number of nitrogens with zero attached hydrogens (tertiary/aromatic N) is 1. The van der Waals surface area contributed by atoms with Gasteiger partial charge in [-0.2, -0.15) is 13.2 Å². The number of nitrogens with one attached hydrogen (secondary N) is 1. The van der Waals surface area contributed by atoms with Gasteiger partial charge in [0.25, 0.3) is 0 Å². The monoisotopic (exact) mass is 344 g/mol. The van der Waals surface area contributed by atoms with E-state index in [2.05, 4.69) is 11.9 Å². The molecule has 132 valence electrons. The van der Waals surface area contributed by atoms with Crippen LogP contribution in [0.15, 0.2) is 30.9 Å². The van der Waals surface area contributed by atoms with Crippen molar-refractivity contribution in [2.45, 2.75) is 38.0 Å². The molecule has 1 fully saturated rings. The van der Waals surface area contributed by atoms with Crippen LogP contribution in [0.25, 0.3) is 0 Å². The van der Waals surface area contributed by atoms with Gasteiger partial charge in [0, 0.05) is 31.1 Å². The summed E-state index contributed by atoms with van der Waals surface area (Å²) in [4.78, 5) is 13.6. The molecular formula is C17H20F4N2O. The van der Waals surface area contributed by atoms with Crippen LogP contribution in [0.4, 0.5) is 17.6 Å². The second-order valence-electron chi connectivity index (χ2n) is 5.80. The standard InChI is InChI=1S/C17H20F4N2O/c1-2-8-22-9-7-14-5-6-16(24)23(14)11-12-3-4-13(10-15(12)18)17(19,20)21/h2-4,10,14,22H,1,5-9,11H2. The minimum Gasteiger partial charge on any atom is -0.335 e. The number of amides is 1. The third-order valence-electron chi connectivity index (χ3n) is 4.12. The molecule has 0 aromatic heterocycles. The Kier molecular flexibility index (Phi) is 5.99. The lowest BCUT2D eigenvalue weighted by molar-refractivity contribution is -0.138. The Morgan fingerprint density at radius 1 is 1.38 bits per heavy atom. The maximum Gasteiger partial charge on any atom is 0.416 e. The van der Waals surface area contributed by atoms with Crippen molar-refractivity contribution in [3.63, 3.8) is 0 Å². The lowest BCUT2D eigenvalue weighted by Gasteiger charge is -2.25. The minimum atomic E-state index is -4.58. The summed E-state index contributed by atoms with van der Waals surface area (Å²) in [6.07, 6.45) is -1.08. The molecule has 1 aliphatic heterocycles.